The third kappa shape index (κ3) is 3.78. The number of allylic oxidation sites excluding steroid dienone is 1. The van der Waals surface area contributed by atoms with Gasteiger partial charge in [-0.15, -0.1) is 0 Å². The first kappa shape index (κ1) is 17.3. The molecule has 0 radical (unpaired) electrons. The molecule has 0 aromatic heterocycles. The van der Waals surface area contributed by atoms with Crippen LogP contribution in [-0.2, 0) is 20.9 Å². The summed E-state index contributed by atoms with van der Waals surface area (Å²) in [6.07, 6.45) is 0.908. The Morgan fingerprint density at radius 3 is 2.60 bits per heavy atom. The highest BCUT2D eigenvalue weighted by Gasteiger charge is 2.42. The van der Waals surface area contributed by atoms with E-state index in [0.717, 1.165) is 5.56 Å². The molecule has 132 valence electrons. The molecule has 2 aliphatic rings. The predicted molar refractivity (Wildman–Crippen MR) is 89.5 cm³/mol. The summed E-state index contributed by atoms with van der Waals surface area (Å²) < 4.78 is 12.9. The highest BCUT2D eigenvalue weighted by atomic mass is 19.1. The van der Waals surface area contributed by atoms with Crippen molar-refractivity contribution in [1.29, 1.82) is 0 Å². The standard InChI is InChI=1S/C19H21FN2O3/c1-19(2)8-14-17(15(23)9-19)13(7-16(24)22-14)18(25)21-10-11-3-5-12(20)6-4-11/h3-6,13H,7-10H2,1-2H3,(H,21,25)(H,22,24)/t13-/m0/s1. The maximum Gasteiger partial charge on any atom is 0.228 e. The van der Waals surface area contributed by atoms with Crippen molar-refractivity contribution >= 4 is 17.6 Å². The van der Waals surface area contributed by atoms with Crippen molar-refractivity contribution in [3.05, 3.63) is 46.9 Å². The van der Waals surface area contributed by atoms with E-state index < -0.39 is 5.92 Å². The Hall–Kier alpha value is -2.50. The third-order valence-electron chi connectivity index (χ3n) is 4.64. The van der Waals surface area contributed by atoms with Crippen molar-refractivity contribution in [2.45, 2.75) is 39.7 Å². The highest BCUT2D eigenvalue weighted by molar-refractivity contribution is 6.06. The number of rotatable bonds is 3. The average molecular weight is 344 g/mol. The van der Waals surface area contributed by atoms with Crippen LogP contribution in [0, 0.1) is 17.2 Å². The van der Waals surface area contributed by atoms with Crippen molar-refractivity contribution < 1.29 is 18.8 Å². The summed E-state index contributed by atoms with van der Waals surface area (Å²) in [5, 5.41) is 5.52. The van der Waals surface area contributed by atoms with Gasteiger partial charge in [0.2, 0.25) is 11.8 Å². The lowest BCUT2D eigenvalue weighted by atomic mass is 9.71. The number of carbonyl (C=O) groups is 3. The molecule has 0 saturated carbocycles. The molecule has 1 aliphatic carbocycles. The van der Waals surface area contributed by atoms with Crippen LogP contribution >= 0.6 is 0 Å². The van der Waals surface area contributed by atoms with Gasteiger partial charge in [-0.3, -0.25) is 14.4 Å². The van der Waals surface area contributed by atoms with Crippen molar-refractivity contribution in [2.24, 2.45) is 11.3 Å². The van der Waals surface area contributed by atoms with Crippen molar-refractivity contribution in [1.82, 2.24) is 10.6 Å². The lowest BCUT2D eigenvalue weighted by molar-refractivity contribution is -0.132. The van der Waals surface area contributed by atoms with Crippen LogP contribution in [-0.4, -0.2) is 17.6 Å². The minimum atomic E-state index is -0.757. The molecule has 0 saturated heterocycles. The largest absolute Gasteiger partial charge is 0.351 e. The molecular formula is C19H21FN2O3. The maximum atomic E-state index is 12.9. The Morgan fingerprint density at radius 2 is 1.92 bits per heavy atom. The van der Waals surface area contributed by atoms with Gasteiger partial charge in [0.25, 0.3) is 0 Å². The second kappa shape index (κ2) is 6.43. The van der Waals surface area contributed by atoms with Gasteiger partial charge in [-0.2, -0.15) is 0 Å². The van der Waals surface area contributed by atoms with E-state index in [1.807, 2.05) is 13.8 Å². The number of ketones is 1. The first-order chi connectivity index (χ1) is 11.7. The molecule has 3 rings (SSSR count). The summed E-state index contributed by atoms with van der Waals surface area (Å²) in [5.41, 5.74) is 1.55. The van der Waals surface area contributed by atoms with Gasteiger partial charge in [-0.25, -0.2) is 4.39 Å². The molecule has 0 fully saturated rings. The maximum absolute atomic E-state index is 12.9. The number of hydrogen-bond acceptors (Lipinski definition) is 3. The first-order valence-corrected chi connectivity index (χ1v) is 8.33. The Bertz CT molecular complexity index is 765. The number of amides is 2. The summed E-state index contributed by atoms with van der Waals surface area (Å²) in [6, 6.07) is 5.82. The Morgan fingerprint density at radius 1 is 1.24 bits per heavy atom. The van der Waals surface area contributed by atoms with Crippen LogP contribution in [0.3, 0.4) is 0 Å². The molecule has 2 N–H and O–H groups in total. The fourth-order valence-electron chi connectivity index (χ4n) is 3.50. The molecule has 0 unspecified atom stereocenters. The molecule has 5 nitrogen and oxygen atoms in total. The fourth-order valence-corrected chi connectivity index (χ4v) is 3.50. The molecule has 25 heavy (non-hydrogen) atoms. The Balaban J connectivity index is 1.77. The topological polar surface area (TPSA) is 75.3 Å². The number of benzene rings is 1. The van der Waals surface area contributed by atoms with E-state index in [-0.39, 0.29) is 41.8 Å². The van der Waals surface area contributed by atoms with Gasteiger partial charge >= 0.3 is 0 Å². The molecule has 1 aromatic rings. The number of Topliss-reactive ketones (excluding diaryl/α,β-unsaturated/α-hetero) is 1. The van der Waals surface area contributed by atoms with E-state index >= 15 is 0 Å². The van der Waals surface area contributed by atoms with Crippen LogP contribution in [0.25, 0.3) is 0 Å². The number of nitrogens with one attached hydrogen (secondary N) is 2. The summed E-state index contributed by atoms with van der Waals surface area (Å²) in [6.45, 7) is 4.16. The molecule has 1 aromatic carbocycles. The lowest BCUT2D eigenvalue weighted by Gasteiger charge is -2.37. The molecule has 1 heterocycles. The van der Waals surface area contributed by atoms with E-state index in [0.29, 0.717) is 24.1 Å². The van der Waals surface area contributed by atoms with Gasteiger partial charge in [-0.1, -0.05) is 26.0 Å². The van der Waals surface area contributed by atoms with Gasteiger partial charge in [-0.05, 0) is 29.5 Å². The number of hydrogen-bond donors (Lipinski definition) is 2. The van der Waals surface area contributed by atoms with Crippen LogP contribution in [0.4, 0.5) is 4.39 Å². The van der Waals surface area contributed by atoms with Crippen molar-refractivity contribution in [3.8, 4) is 0 Å². The van der Waals surface area contributed by atoms with Gasteiger partial charge in [0.15, 0.2) is 5.78 Å². The van der Waals surface area contributed by atoms with E-state index in [2.05, 4.69) is 10.6 Å². The zero-order valence-electron chi connectivity index (χ0n) is 14.3. The van der Waals surface area contributed by atoms with E-state index in [9.17, 15) is 18.8 Å². The minimum Gasteiger partial charge on any atom is -0.351 e. The summed E-state index contributed by atoms with van der Waals surface area (Å²) in [7, 11) is 0. The average Bonchev–Trinajstić information content (AvgIpc) is 2.51. The molecule has 1 aliphatic heterocycles. The number of carbonyl (C=O) groups excluding carboxylic acids is 3. The van der Waals surface area contributed by atoms with Crippen LogP contribution in [0.2, 0.25) is 0 Å². The zero-order valence-corrected chi connectivity index (χ0v) is 14.3. The van der Waals surface area contributed by atoms with Crippen molar-refractivity contribution in [3.63, 3.8) is 0 Å². The highest BCUT2D eigenvalue weighted by Crippen LogP contribution is 2.40. The minimum absolute atomic E-state index is 0.0275. The molecule has 6 heteroatoms. The Labute approximate surface area is 145 Å². The second-order valence-electron chi connectivity index (χ2n) is 7.48. The quantitative estimate of drug-likeness (QED) is 0.883. The third-order valence-corrected chi connectivity index (χ3v) is 4.64. The SMILES string of the molecule is CC1(C)CC(=O)C2=C(C1)NC(=O)C[C@@H]2C(=O)NCc1ccc(F)cc1. The number of halogens is 1. The van der Waals surface area contributed by atoms with Crippen LogP contribution in [0.1, 0.15) is 38.7 Å². The molecule has 2 amide bonds. The zero-order chi connectivity index (χ0) is 18.2. The van der Waals surface area contributed by atoms with E-state index in [1.54, 1.807) is 12.1 Å². The fraction of sp³-hybridized carbons (Fsp3) is 0.421. The van der Waals surface area contributed by atoms with Gasteiger partial charge in [0.1, 0.15) is 5.82 Å². The lowest BCUT2D eigenvalue weighted by Crippen LogP contribution is -2.46. The van der Waals surface area contributed by atoms with Gasteiger partial charge in [0, 0.05) is 30.7 Å². The van der Waals surface area contributed by atoms with Gasteiger partial charge < -0.3 is 10.6 Å². The van der Waals surface area contributed by atoms with Crippen LogP contribution < -0.4 is 10.6 Å². The second-order valence-corrected chi connectivity index (χ2v) is 7.48. The normalized spacial score (nSPS) is 22.3. The first-order valence-electron chi connectivity index (χ1n) is 8.33. The predicted octanol–water partition coefficient (Wildman–Crippen LogP) is 2.22. The molecule has 0 bridgehead atoms. The molecule has 1 atom stereocenters. The summed E-state index contributed by atoms with van der Waals surface area (Å²) >= 11 is 0. The van der Waals surface area contributed by atoms with E-state index in [4.69, 9.17) is 0 Å². The summed E-state index contributed by atoms with van der Waals surface area (Å²) in [4.78, 5) is 37.1. The monoisotopic (exact) mass is 344 g/mol. The van der Waals surface area contributed by atoms with Crippen LogP contribution in [0.5, 0.6) is 0 Å². The smallest absolute Gasteiger partial charge is 0.228 e. The Kier molecular flexibility index (Phi) is 4.45. The van der Waals surface area contributed by atoms with Crippen molar-refractivity contribution in [2.75, 3.05) is 0 Å². The van der Waals surface area contributed by atoms with Crippen LogP contribution in [0.15, 0.2) is 35.5 Å². The molecular weight excluding hydrogens is 323 g/mol. The summed E-state index contributed by atoms with van der Waals surface area (Å²) in [5.74, 6) is -1.77. The van der Waals surface area contributed by atoms with Gasteiger partial charge in [0.05, 0.1) is 5.92 Å². The van der Waals surface area contributed by atoms with E-state index in [1.165, 1.54) is 12.1 Å². The molecule has 0 spiro atoms.